The number of hydrogen-bond donors (Lipinski definition) is 3. The largest absolute Gasteiger partial charge is 0.508 e. The second-order valence-corrected chi connectivity index (χ2v) is 7.51. The van der Waals surface area contributed by atoms with Crippen LogP contribution in [0.4, 0.5) is 0 Å². The summed E-state index contributed by atoms with van der Waals surface area (Å²) in [5.41, 5.74) is 0.942. The van der Waals surface area contributed by atoms with E-state index in [4.69, 9.17) is 4.74 Å². The topological polar surface area (TPSA) is 105 Å². The zero-order valence-electron chi connectivity index (χ0n) is 18.6. The van der Waals surface area contributed by atoms with Crippen LogP contribution in [0.15, 0.2) is 48.5 Å². The van der Waals surface area contributed by atoms with E-state index in [1.807, 2.05) is 0 Å². The van der Waals surface area contributed by atoms with E-state index in [2.05, 4.69) is 17.6 Å². The van der Waals surface area contributed by atoms with Gasteiger partial charge in [0.2, 0.25) is 5.91 Å². The van der Waals surface area contributed by atoms with Crippen LogP contribution in [-0.4, -0.2) is 42.4 Å². The first-order valence-corrected chi connectivity index (χ1v) is 11.1. The number of nitrogens with one attached hydrogen (secondary N) is 2. The van der Waals surface area contributed by atoms with Crippen LogP contribution >= 0.6 is 0 Å². The number of carbonyl (C=O) groups excluding carboxylic acids is 3. The minimum absolute atomic E-state index is 0.0335. The Labute approximate surface area is 189 Å². The van der Waals surface area contributed by atoms with Gasteiger partial charge in [-0.1, -0.05) is 25.8 Å². The Kier molecular flexibility index (Phi) is 10.8. The number of carbonyl (C=O) groups is 3. The van der Waals surface area contributed by atoms with Crippen molar-refractivity contribution in [3.05, 3.63) is 59.7 Å². The summed E-state index contributed by atoms with van der Waals surface area (Å²) in [4.78, 5) is 36.2. The van der Waals surface area contributed by atoms with Gasteiger partial charge in [-0.25, -0.2) is 0 Å². The number of Topliss-reactive ketones (excluding diaryl/α,β-unsaturated/α-hetero) is 1. The fourth-order valence-corrected chi connectivity index (χ4v) is 3.01. The first kappa shape index (κ1) is 24.9. The molecule has 0 heterocycles. The number of ether oxygens (including phenoxy) is 1. The van der Waals surface area contributed by atoms with Crippen molar-refractivity contribution in [1.29, 1.82) is 0 Å². The van der Waals surface area contributed by atoms with Gasteiger partial charge in [0.25, 0.3) is 5.91 Å². The molecule has 2 aromatic carbocycles. The van der Waals surface area contributed by atoms with Crippen LogP contribution in [0, 0.1) is 0 Å². The lowest BCUT2D eigenvalue weighted by Crippen LogP contribution is -2.30. The second-order valence-electron chi connectivity index (χ2n) is 7.51. The van der Waals surface area contributed by atoms with E-state index in [1.54, 1.807) is 36.4 Å². The Bertz CT molecular complexity index is 880. The highest BCUT2D eigenvalue weighted by Crippen LogP contribution is 2.15. The van der Waals surface area contributed by atoms with E-state index >= 15 is 0 Å². The number of benzene rings is 2. The molecule has 0 radical (unpaired) electrons. The van der Waals surface area contributed by atoms with Gasteiger partial charge in [0, 0.05) is 37.1 Å². The molecule has 2 amide bonds. The maximum atomic E-state index is 12.3. The lowest BCUT2D eigenvalue weighted by atomic mass is 10.1. The molecule has 0 saturated heterocycles. The lowest BCUT2D eigenvalue weighted by molar-refractivity contribution is -0.121. The van der Waals surface area contributed by atoms with Crippen molar-refractivity contribution in [2.75, 3.05) is 19.7 Å². The smallest absolute Gasteiger partial charge is 0.251 e. The zero-order chi connectivity index (χ0) is 23.2. The minimum atomic E-state index is -0.282. The fourth-order valence-electron chi connectivity index (χ4n) is 3.01. The standard InChI is InChI=1S/C25H32N2O5/c1-2-3-4-17-32-22-11-9-19(10-12-22)23(29)13-14-24(30)26-15-6-16-27-25(31)20-7-5-8-21(28)18-20/h5,7-12,18,28H,2-4,6,13-17H2,1H3,(H,26,30)(H,27,31). The molecule has 0 fully saturated rings. The van der Waals surface area contributed by atoms with Crippen molar-refractivity contribution in [2.45, 2.75) is 45.4 Å². The highest BCUT2D eigenvalue weighted by atomic mass is 16.5. The van der Waals surface area contributed by atoms with Gasteiger partial charge in [-0.05, 0) is 55.3 Å². The molecule has 0 aromatic heterocycles. The highest BCUT2D eigenvalue weighted by Gasteiger charge is 2.10. The maximum Gasteiger partial charge on any atom is 0.251 e. The molecule has 0 spiro atoms. The van der Waals surface area contributed by atoms with E-state index in [9.17, 15) is 19.5 Å². The van der Waals surface area contributed by atoms with Crippen molar-refractivity contribution >= 4 is 17.6 Å². The molecular weight excluding hydrogens is 408 g/mol. The molecule has 0 unspecified atom stereocenters. The van der Waals surface area contributed by atoms with Gasteiger partial charge >= 0.3 is 0 Å². The van der Waals surface area contributed by atoms with Crippen molar-refractivity contribution in [3.63, 3.8) is 0 Å². The molecule has 7 nitrogen and oxygen atoms in total. The lowest BCUT2D eigenvalue weighted by Gasteiger charge is -2.08. The summed E-state index contributed by atoms with van der Waals surface area (Å²) in [7, 11) is 0. The predicted octanol–water partition coefficient (Wildman–Crippen LogP) is 3.86. The fraction of sp³-hybridized carbons (Fsp3) is 0.400. The third kappa shape index (κ3) is 9.20. The third-order valence-electron chi connectivity index (χ3n) is 4.84. The van der Waals surface area contributed by atoms with Crippen LogP contribution in [-0.2, 0) is 4.79 Å². The number of rotatable bonds is 14. The highest BCUT2D eigenvalue weighted by molar-refractivity contribution is 5.98. The Morgan fingerprint density at radius 1 is 0.875 bits per heavy atom. The first-order chi connectivity index (χ1) is 15.5. The quantitative estimate of drug-likeness (QED) is 0.306. The molecule has 0 aliphatic rings. The van der Waals surface area contributed by atoms with Crippen LogP contribution in [0.3, 0.4) is 0 Å². The van der Waals surface area contributed by atoms with Gasteiger partial charge in [-0.3, -0.25) is 14.4 Å². The molecule has 2 rings (SSSR count). The average molecular weight is 441 g/mol. The van der Waals surface area contributed by atoms with Gasteiger partial charge in [-0.15, -0.1) is 0 Å². The molecule has 0 saturated carbocycles. The zero-order valence-corrected chi connectivity index (χ0v) is 18.6. The summed E-state index contributed by atoms with van der Waals surface area (Å²) in [6.07, 6.45) is 4.09. The minimum Gasteiger partial charge on any atom is -0.508 e. The van der Waals surface area contributed by atoms with Crippen LogP contribution < -0.4 is 15.4 Å². The van der Waals surface area contributed by atoms with E-state index in [-0.39, 0.29) is 36.2 Å². The molecule has 0 aliphatic carbocycles. The summed E-state index contributed by atoms with van der Waals surface area (Å²) in [6, 6.07) is 13.1. The Hall–Kier alpha value is -3.35. The van der Waals surface area contributed by atoms with Gasteiger partial charge in [0.05, 0.1) is 6.61 Å². The predicted molar refractivity (Wildman–Crippen MR) is 123 cm³/mol. The summed E-state index contributed by atoms with van der Waals surface area (Å²) < 4.78 is 5.64. The van der Waals surface area contributed by atoms with Gasteiger partial charge < -0.3 is 20.5 Å². The number of phenols is 1. The molecule has 0 aliphatic heterocycles. The number of amides is 2. The average Bonchev–Trinajstić information content (AvgIpc) is 2.80. The van der Waals surface area contributed by atoms with Crippen LogP contribution in [0.1, 0.15) is 66.2 Å². The molecule has 0 bridgehead atoms. The molecule has 7 heteroatoms. The van der Waals surface area contributed by atoms with Crippen LogP contribution in [0.25, 0.3) is 0 Å². The van der Waals surface area contributed by atoms with Crippen molar-refractivity contribution in [1.82, 2.24) is 10.6 Å². The van der Waals surface area contributed by atoms with Gasteiger partial charge in [0.1, 0.15) is 11.5 Å². The van der Waals surface area contributed by atoms with Crippen molar-refractivity contribution in [2.24, 2.45) is 0 Å². The van der Waals surface area contributed by atoms with Gasteiger partial charge in [0.15, 0.2) is 5.78 Å². The van der Waals surface area contributed by atoms with E-state index in [0.717, 1.165) is 25.0 Å². The van der Waals surface area contributed by atoms with Crippen molar-refractivity contribution in [3.8, 4) is 11.5 Å². The summed E-state index contributed by atoms with van der Waals surface area (Å²) in [6.45, 7) is 3.60. The van der Waals surface area contributed by atoms with E-state index in [1.165, 1.54) is 12.1 Å². The van der Waals surface area contributed by atoms with Crippen molar-refractivity contribution < 1.29 is 24.2 Å². The number of unbranched alkanes of at least 4 members (excludes halogenated alkanes) is 2. The number of hydrogen-bond acceptors (Lipinski definition) is 5. The SMILES string of the molecule is CCCCCOc1ccc(C(=O)CCC(=O)NCCCNC(=O)c2cccc(O)c2)cc1. The van der Waals surface area contributed by atoms with Crippen LogP contribution in [0.5, 0.6) is 11.5 Å². The number of ketones is 1. The molecule has 0 atom stereocenters. The van der Waals surface area contributed by atoms with E-state index in [0.29, 0.717) is 37.2 Å². The van der Waals surface area contributed by atoms with Gasteiger partial charge in [-0.2, -0.15) is 0 Å². The first-order valence-electron chi connectivity index (χ1n) is 11.1. The molecule has 3 N–H and O–H groups in total. The van der Waals surface area contributed by atoms with E-state index < -0.39 is 0 Å². The summed E-state index contributed by atoms with van der Waals surface area (Å²) in [5.74, 6) is 0.206. The normalized spacial score (nSPS) is 10.4. The molecular formula is C25H32N2O5. The Balaban J connectivity index is 1.59. The molecule has 2 aromatic rings. The molecule has 32 heavy (non-hydrogen) atoms. The summed E-state index contributed by atoms with van der Waals surface area (Å²) in [5, 5.41) is 14.9. The van der Waals surface area contributed by atoms with Crippen LogP contribution in [0.2, 0.25) is 0 Å². The summed E-state index contributed by atoms with van der Waals surface area (Å²) >= 11 is 0. The maximum absolute atomic E-state index is 12.3. The third-order valence-corrected chi connectivity index (χ3v) is 4.84. The second kappa shape index (κ2) is 13.9. The number of aromatic hydroxyl groups is 1. The monoisotopic (exact) mass is 440 g/mol. The Morgan fingerprint density at radius 2 is 1.62 bits per heavy atom. The molecule has 172 valence electrons. The number of phenolic OH excluding ortho intramolecular Hbond substituents is 1. The Morgan fingerprint density at radius 3 is 2.34 bits per heavy atom.